The van der Waals surface area contributed by atoms with Gasteiger partial charge < -0.3 is 64.2 Å². The number of methoxy groups -OCH3 is 1. The van der Waals surface area contributed by atoms with E-state index in [0.29, 0.717) is 19.4 Å². The molecular formula is C36H56O14. The second kappa shape index (κ2) is 13.5. The van der Waals surface area contributed by atoms with Crippen LogP contribution in [-0.2, 0) is 33.2 Å². The zero-order valence-electron chi connectivity index (χ0n) is 29.4. The van der Waals surface area contributed by atoms with Crippen molar-refractivity contribution >= 4 is 5.97 Å². The first kappa shape index (κ1) is 37.1. The number of esters is 1. The van der Waals surface area contributed by atoms with Crippen LogP contribution in [0, 0.1) is 34.5 Å². The van der Waals surface area contributed by atoms with Gasteiger partial charge in [-0.05, 0) is 86.5 Å². The lowest BCUT2D eigenvalue weighted by atomic mass is 9.42. The number of hydrogen-bond acceptors (Lipinski definition) is 14. The number of aliphatic hydroxyl groups is 7. The van der Waals surface area contributed by atoms with Gasteiger partial charge in [-0.1, -0.05) is 13.8 Å². The van der Waals surface area contributed by atoms with E-state index >= 15 is 0 Å². The Hall–Kier alpha value is -1.27. The van der Waals surface area contributed by atoms with Crippen LogP contribution in [0.5, 0.6) is 0 Å². The summed E-state index contributed by atoms with van der Waals surface area (Å²) in [7, 11) is 1.33. The molecule has 50 heavy (non-hydrogen) atoms. The molecule has 0 spiro atoms. The molecule has 4 saturated carbocycles. The maximum atomic E-state index is 12.5. The average molecular weight is 713 g/mol. The molecule has 6 fully saturated rings. The molecule has 3 aliphatic heterocycles. The van der Waals surface area contributed by atoms with E-state index in [4.69, 9.17) is 28.4 Å². The summed E-state index contributed by atoms with van der Waals surface area (Å²) < 4.78 is 34.2. The topological polar surface area (TPSA) is 214 Å². The molecule has 14 heteroatoms. The summed E-state index contributed by atoms with van der Waals surface area (Å²) in [6.45, 7) is 5.60. The summed E-state index contributed by atoms with van der Waals surface area (Å²) in [4.78, 5) is 11.9. The van der Waals surface area contributed by atoms with Crippen molar-refractivity contribution in [2.24, 2.45) is 34.5 Å². The molecule has 3 heterocycles. The number of fused-ring (bicyclic) bond motifs is 5. The van der Waals surface area contributed by atoms with Crippen LogP contribution < -0.4 is 0 Å². The molecule has 2 saturated heterocycles. The first-order valence-electron chi connectivity index (χ1n) is 18.4. The molecule has 0 radical (unpaired) electrons. The van der Waals surface area contributed by atoms with Crippen LogP contribution in [0.3, 0.4) is 0 Å². The predicted molar refractivity (Wildman–Crippen MR) is 172 cm³/mol. The minimum Gasteiger partial charge on any atom is -0.458 e. The normalized spacial score (nSPS) is 55.1. The molecule has 0 bridgehead atoms. The number of ether oxygens (including phenoxy) is 6. The minimum absolute atomic E-state index is 0.0104. The van der Waals surface area contributed by atoms with E-state index in [2.05, 4.69) is 13.8 Å². The summed E-state index contributed by atoms with van der Waals surface area (Å²) in [5.74, 6) is -0.0371. The Morgan fingerprint density at radius 2 is 1.60 bits per heavy atom. The zero-order valence-corrected chi connectivity index (χ0v) is 29.4. The van der Waals surface area contributed by atoms with Gasteiger partial charge in [0.25, 0.3) is 0 Å². The highest BCUT2D eigenvalue weighted by Crippen LogP contribution is 2.70. The number of carbonyl (C=O) groups is 1. The summed E-state index contributed by atoms with van der Waals surface area (Å²) in [5.41, 5.74) is -0.775. The molecule has 7 N–H and O–H groups in total. The van der Waals surface area contributed by atoms with Gasteiger partial charge in [-0.25, -0.2) is 4.79 Å². The fourth-order valence-corrected chi connectivity index (χ4v) is 11.6. The van der Waals surface area contributed by atoms with Crippen molar-refractivity contribution in [3.8, 4) is 0 Å². The Morgan fingerprint density at radius 1 is 0.860 bits per heavy atom. The highest BCUT2D eigenvalue weighted by Gasteiger charge is 2.69. The van der Waals surface area contributed by atoms with Crippen molar-refractivity contribution in [1.29, 1.82) is 0 Å². The van der Waals surface area contributed by atoms with Gasteiger partial charge in [0.15, 0.2) is 12.6 Å². The molecule has 4 aliphatic carbocycles. The van der Waals surface area contributed by atoms with Crippen molar-refractivity contribution in [2.75, 3.05) is 20.3 Å². The molecule has 0 aromatic rings. The van der Waals surface area contributed by atoms with Gasteiger partial charge in [0.1, 0.15) is 49.3 Å². The molecule has 7 aliphatic rings. The van der Waals surface area contributed by atoms with Crippen molar-refractivity contribution in [3.63, 3.8) is 0 Å². The number of aliphatic hydroxyl groups excluding tert-OH is 6. The van der Waals surface area contributed by atoms with E-state index in [9.17, 15) is 40.5 Å². The van der Waals surface area contributed by atoms with E-state index in [0.717, 1.165) is 37.7 Å². The maximum Gasteiger partial charge on any atom is 0.331 e. The predicted octanol–water partition coefficient (Wildman–Crippen LogP) is -0.0948. The first-order chi connectivity index (χ1) is 23.7. The van der Waals surface area contributed by atoms with Gasteiger partial charge in [-0.2, -0.15) is 0 Å². The van der Waals surface area contributed by atoms with E-state index < -0.39 is 91.2 Å². The van der Waals surface area contributed by atoms with Gasteiger partial charge >= 0.3 is 5.97 Å². The van der Waals surface area contributed by atoms with Crippen LogP contribution in [0.4, 0.5) is 0 Å². The van der Waals surface area contributed by atoms with E-state index in [1.807, 2.05) is 0 Å². The van der Waals surface area contributed by atoms with Crippen molar-refractivity contribution in [3.05, 3.63) is 11.6 Å². The van der Waals surface area contributed by atoms with E-state index in [1.54, 1.807) is 13.0 Å². The van der Waals surface area contributed by atoms with Crippen LogP contribution in [0.15, 0.2) is 11.6 Å². The fraction of sp³-hybridized carbons (Fsp3) is 0.917. The van der Waals surface area contributed by atoms with Gasteiger partial charge in [-0.3, -0.25) is 0 Å². The maximum absolute atomic E-state index is 12.5. The second-order valence-corrected chi connectivity index (χ2v) is 16.6. The fourth-order valence-electron chi connectivity index (χ4n) is 11.6. The minimum atomic E-state index is -1.59. The lowest BCUT2D eigenvalue weighted by molar-refractivity contribution is -0.363. The van der Waals surface area contributed by atoms with Crippen LogP contribution >= 0.6 is 0 Å². The molecule has 0 aromatic carbocycles. The third-order valence-corrected chi connectivity index (χ3v) is 14.5. The highest BCUT2D eigenvalue weighted by molar-refractivity contribution is 5.85. The average Bonchev–Trinajstić information content (AvgIpc) is 3.63. The number of cyclic esters (lactones) is 1. The summed E-state index contributed by atoms with van der Waals surface area (Å²) in [6, 6.07) is 0. The standard InChI is InChI=1S/C36H56O14/c1-16-26(40)31(45-4)29(43)33(47-16)50-30-23(14-37)49-32(28(42)27(30)41)48-19-12-18-5-6-22-21(35(18,3)24(38)13-19)7-9-34(2)20(8-10-36(22,34)44)17-11-25(39)46-15-17/h11,16,18-24,26-33,37-38,40-44H,5-10,12-15H2,1-4H3. The van der Waals surface area contributed by atoms with Crippen molar-refractivity contribution in [1.82, 2.24) is 0 Å². The quantitative estimate of drug-likeness (QED) is 0.136. The third-order valence-electron chi connectivity index (χ3n) is 14.5. The molecule has 19 atom stereocenters. The van der Waals surface area contributed by atoms with Crippen LogP contribution in [0.2, 0.25) is 0 Å². The van der Waals surface area contributed by atoms with Crippen LogP contribution in [0.1, 0.15) is 72.1 Å². The van der Waals surface area contributed by atoms with Crippen LogP contribution in [0.25, 0.3) is 0 Å². The molecule has 19 unspecified atom stereocenters. The third kappa shape index (κ3) is 5.63. The van der Waals surface area contributed by atoms with Crippen molar-refractivity contribution in [2.45, 2.75) is 151 Å². The zero-order chi connectivity index (χ0) is 35.9. The smallest absolute Gasteiger partial charge is 0.331 e. The van der Waals surface area contributed by atoms with Gasteiger partial charge in [-0.15, -0.1) is 0 Å². The Morgan fingerprint density at radius 3 is 2.28 bits per heavy atom. The van der Waals surface area contributed by atoms with Gasteiger partial charge in [0.2, 0.25) is 0 Å². The summed E-state index contributed by atoms with van der Waals surface area (Å²) in [6.07, 6.45) is -6.71. The second-order valence-electron chi connectivity index (χ2n) is 16.6. The lowest BCUT2D eigenvalue weighted by Crippen LogP contribution is -2.66. The molecule has 7 rings (SSSR count). The molecular weight excluding hydrogens is 656 g/mol. The molecule has 0 aromatic heterocycles. The van der Waals surface area contributed by atoms with Crippen LogP contribution in [-0.4, -0.2) is 141 Å². The SMILES string of the molecule is COC1C(O)C(C)OC(OC2C(CO)OC(OC3CC(O)C4(C)C(CCC5C4CCC4(C)C(C6=CC(=O)OC6)CCC54O)C3)C(O)C2O)C1O. The van der Waals surface area contributed by atoms with Gasteiger partial charge in [0.05, 0.1) is 30.5 Å². The number of rotatable bonds is 7. The van der Waals surface area contributed by atoms with Gasteiger partial charge in [0, 0.05) is 25.0 Å². The van der Waals surface area contributed by atoms with E-state index in [-0.39, 0.29) is 41.5 Å². The largest absolute Gasteiger partial charge is 0.458 e. The Balaban J connectivity index is 1.01. The van der Waals surface area contributed by atoms with E-state index in [1.165, 1.54) is 7.11 Å². The Kier molecular flexibility index (Phi) is 10.0. The Labute approximate surface area is 292 Å². The number of hydrogen-bond donors (Lipinski definition) is 7. The lowest BCUT2D eigenvalue weighted by Gasteiger charge is -2.64. The monoisotopic (exact) mass is 712 g/mol. The van der Waals surface area contributed by atoms with Crippen molar-refractivity contribution < 1.29 is 69.0 Å². The summed E-state index contributed by atoms with van der Waals surface area (Å²) >= 11 is 0. The highest BCUT2D eigenvalue weighted by atomic mass is 16.7. The first-order valence-corrected chi connectivity index (χ1v) is 18.4. The number of carbonyl (C=O) groups excluding carboxylic acids is 1. The molecule has 0 amide bonds. The molecule has 14 nitrogen and oxygen atoms in total. The molecule has 284 valence electrons. The summed E-state index contributed by atoms with van der Waals surface area (Å²) in [5, 5.41) is 77.9. The Bertz CT molecular complexity index is 1300.